The standard InChI is InChI=1S/C16H20N4O/c1-12-9-13(10-17)11-19(12)16(21)15-7-8-20(18-15)14-5-3-2-4-6-14/h2-8,12-13H,9-11,17H2,1H3. The molecule has 0 radical (unpaired) electrons. The van der Waals surface area contributed by atoms with Gasteiger partial charge in [0.25, 0.3) is 5.91 Å². The average Bonchev–Trinajstić information content (AvgIpc) is 3.14. The molecule has 2 atom stereocenters. The quantitative estimate of drug-likeness (QED) is 0.932. The van der Waals surface area contributed by atoms with Crippen LogP contribution in [0.3, 0.4) is 0 Å². The van der Waals surface area contributed by atoms with Gasteiger partial charge in [-0.15, -0.1) is 0 Å². The van der Waals surface area contributed by atoms with Gasteiger partial charge in [0.05, 0.1) is 5.69 Å². The molecule has 3 rings (SSSR count). The first-order chi connectivity index (χ1) is 10.2. The van der Waals surface area contributed by atoms with Gasteiger partial charge in [0.15, 0.2) is 5.69 Å². The predicted molar refractivity (Wildman–Crippen MR) is 81.2 cm³/mol. The molecule has 1 saturated heterocycles. The Kier molecular flexibility index (Phi) is 3.75. The largest absolute Gasteiger partial charge is 0.334 e. The Hall–Kier alpha value is -2.14. The van der Waals surface area contributed by atoms with Crippen molar-refractivity contribution in [3.8, 4) is 5.69 Å². The summed E-state index contributed by atoms with van der Waals surface area (Å²) in [4.78, 5) is 14.5. The van der Waals surface area contributed by atoms with Crippen molar-refractivity contribution in [2.24, 2.45) is 11.7 Å². The molecule has 5 heteroatoms. The third-order valence-electron chi connectivity index (χ3n) is 4.08. The van der Waals surface area contributed by atoms with Crippen LogP contribution in [-0.4, -0.2) is 39.7 Å². The van der Waals surface area contributed by atoms with E-state index in [1.54, 1.807) is 10.7 Å². The van der Waals surface area contributed by atoms with E-state index in [9.17, 15) is 4.79 Å². The van der Waals surface area contributed by atoms with Crippen LogP contribution in [0.15, 0.2) is 42.6 Å². The molecule has 0 aliphatic carbocycles. The lowest BCUT2D eigenvalue weighted by Gasteiger charge is -2.20. The number of likely N-dealkylation sites (tertiary alicyclic amines) is 1. The van der Waals surface area contributed by atoms with E-state index in [1.807, 2.05) is 41.4 Å². The molecular weight excluding hydrogens is 264 g/mol. The zero-order valence-electron chi connectivity index (χ0n) is 12.1. The van der Waals surface area contributed by atoms with Crippen molar-refractivity contribution in [3.05, 3.63) is 48.3 Å². The third-order valence-corrected chi connectivity index (χ3v) is 4.08. The number of nitrogens with two attached hydrogens (primary N) is 1. The maximum atomic E-state index is 12.6. The number of hydrogen-bond acceptors (Lipinski definition) is 3. The Balaban J connectivity index is 1.79. The fourth-order valence-corrected chi connectivity index (χ4v) is 2.91. The topological polar surface area (TPSA) is 64.2 Å². The molecule has 0 spiro atoms. The van der Waals surface area contributed by atoms with Crippen molar-refractivity contribution < 1.29 is 4.79 Å². The Morgan fingerprint density at radius 2 is 2.10 bits per heavy atom. The van der Waals surface area contributed by atoms with Gasteiger partial charge in [-0.25, -0.2) is 4.68 Å². The molecular formula is C16H20N4O. The number of carbonyl (C=O) groups is 1. The molecule has 0 bridgehead atoms. The molecule has 2 aromatic rings. The van der Waals surface area contributed by atoms with E-state index in [1.165, 1.54) is 0 Å². The monoisotopic (exact) mass is 284 g/mol. The number of benzene rings is 1. The number of amides is 1. The van der Waals surface area contributed by atoms with Crippen LogP contribution in [0.4, 0.5) is 0 Å². The lowest BCUT2D eigenvalue weighted by Crippen LogP contribution is -2.34. The number of para-hydroxylation sites is 1. The molecule has 2 N–H and O–H groups in total. The zero-order valence-corrected chi connectivity index (χ0v) is 12.1. The Bertz CT molecular complexity index is 622. The minimum atomic E-state index is -0.00636. The van der Waals surface area contributed by atoms with Gasteiger partial charge in [-0.3, -0.25) is 4.79 Å². The summed E-state index contributed by atoms with van der Waals surface area (Å²) in [6, 6.07) is 11.8. The Labute approximate surface area is 124 Å². The average molecular weight is 284 g/mol. The second-order valence-electron chi connectivity index (χ2n) is 5.63. The van der Waals surface area contributed by atoms with E-state index in [0.717, 1.165) is 18.7 Å². The van der Waals surface area contributed by atoms with Gasteiger partial charge in [0.1, 0.15) is 0 Å². The number of rotatable bonds is 3. The van der Waals surface area contributed by atoms with Gasteiger partial charge in [-0.05, 0) is 44.0 Å². The highest BCUT2D eigenvalue weighted by Crippen LogP contribution is 2.23. The number of carbonyl (C=O) groups excluding carboxylic acids is 1. The van der Waals surface area contributed by atoms with Gasteiger partial charge in [-0.1, -0.05) is 18.2 Å². The first-order valence-electron chi connectivity index (χ1n) is 7.31. The molecule has 1 aliphatic heterocycles. The number of hydrogen-bond donors (Lipinski definition) is 1. The first-order valence-corrected chi connectivity index (χ1v) is 7.31. The van der Waals surface area contributed by atoms with Crippen LogP contribution in [0.25, 0.3) is 5.69 Å². The summed E-state index contributed by atoms with van der Waals surface area (Å²) in [6.07, 6.45) is 2.80. The second-order valence-corrected chi connectivity index (χ2v) is 5.63. The van der Waals surface area contributed by atoms with Gasteiger partial charge >= 0.3 is 0 Å². The highest BCUT2D eigenvalue weighted by molar-refractivity contribution is 5.92. The van der Waals surface area contributed by atoms with Crippen LogP contribution in [0, 0.1) is 5.92 Å². The number of nitrogens with zero attached hydrogens (tertiary/aromatic N) is 3. The van der Waals surface area contributed by atoms with E-state index in [4.69, 9.17) is 5.73 Å². The lowest BCUT2D eigenvalue weighted by atomic mass is 10.1. The fraction of sp³-hybridized carbons (Fsp3) is 0.375. The van der Waals surface area contributed by atoms with E-state index in [2.05, 4.69) is 12.0 Å². The van der Waals surface area contributed by atoms with Gasteiger partial charge in [0, 0.05) is 18.8 Å². The van der Waals surface area contributed by atoms with E-state index in [0.29, 0.717) is 18.2 Å². The van der Waals surface area contributed by atoms with Crippen LogP contribution in [0.5, 0.6) is 0 Å². The fourth-order valence-electron chi connectivity index (χ4n) is 2.91. The number of aromatic nitrogens is 2. The molecule has 2 unspecified atom stereocenters. The van der Waals surface area contributed by atoms with E-state index in [-0.39, 0.29) is 11.9 Å². The smallest absolute Gasteiger partial charge is 0.274 e. The third kappa shape index (κ3) is 2.69. The van der Waals surface area contributed by atoms with Crippen LogP contribution in [0.2, 0.25) is 0 Å². The molecule has 1 aromatic carbocycles. The Morgan fingerprint density at radius 1 is 1.33 bits per heavy atom. The van der Waals surface area contributed by atoms with E-state index >= 15 is 0 Å². The van der Waals surface area contributed by atoms with Gasteiger partial charge < -0.3 is 10.6 Å². The highest BCUT2D eigenvalue weighted by Gasteiger charge is 2.32. The predicted octanol–water partition coefficient (Wildman–Crippen LogP) is 1.68. The first kappa shape index (κ1) is 13.8. The van der Waals surface area contributed by atoms with Crippen LogP contribution in [-0.2, 0) is 0 Å². The Morgan fingerprint density at radius 3 is 2.76 bits per heavy atom. The van der Waals surface area contributed by atoms with Crippen molar-refractivity contribution in [1.82, 2.24) is 14.7 Å². The minimum Gasteiger partial charge on any atom is -0.334 e. The van der Waals surface area contributed by atoms with Crippen LogP contribution >= 0.6 is 0 Å². The summed E-state index contributed by atoms with van der Waals surface area (Å²) < 4.78 is 1.73. The maximum absolute atomic E-state index is 12.6. The van der Waals surface area contributed by atoms with Crippen molar-refractivity contribution >= 4 is 5.91 Å². The van der Waals surface area contributed by atoms with Crippen molar-refractivity contribution in [2.75, 3.05) is 13.1 Å². The lowest BCUT2D eigenvalue weighted by molar-refractivity contribution is 0.0737. The van der Waals surface area contributed by atoms with Gasteiger partial charge in [0.2, 0.25) is 0 Å². The molecule has 5 nitrogen and oxygen atoms in total. The molecule has 1 aliphatic rings. The van der Waals surface area contributed by atoms with E-state index < -0.39 is 0 Å². The minimum absolute atomic E-state index is 0.00636. The van der Waals surface area contributed by atoms with Crippen LogP contribution < -0.4 is 5.73 Å². The maximum Gasteiger partial charge on any atom is 0.274 e. The van der Waals surface area contributed by atoms with Crippen LogP contribution in [0.1, 0.15) is 23.8 Å². The summed E-state index contributed by atoms with van der Waals surface area (Å²) in [6.45, 7) is 3.43. The highest BCUT2D eigenvalue weighted by atomic mass is 16.2. The molecule has 110 valence electrons. The zero-order chi connectivity index (χ0) is 14.8. The molecule has 21 heavy (non-hydrogen) atoms. The SMILES string of the molecule is CC1CC(CN)CN1C(=O)c1ccn(-c2ccccc2)n1. The normalized spacial score (nSPS) is 21.7. The molecule has 2 heterocycles. The summed E-state index contributed by atoms with van der Waals surface area (Å²) in [5, 5.41) is 4.40. The molecule has 1 fully saturated rings. The molecule has 1 amide bonds. The van der Waals surface area contributed by atoms with Crippen molar-refractivity contribution in [1.29, 1.82) is 0 Å². The van der Waals surface area contributed by atoms with Crippen molar-refractivity contribution in [2.45, 2.75) is 19.4 Å². The summed E-state index contributed by atoms with van der Waals surface area (Å²) >= 11 is 0. The molecule has 1 aromatic heterocycles. The summed E-state index contributed by atoms with van der Waals surface area (Å²) in [5.41, 5.74) is 7.16. The van der Waals surface area contributed by atoms with Gasteiger partial charge in [-0.2, -0.15) is 5.10 Å². The summed E-state index contributed by atoms with van der Waals surface area (Å²) in [7, 11) is 0. The molecule has 0 saturated carbocycles. The summed E-state index contributed by atoms with van der Waals surface area (Å²) in [5.74, 6) is 0.397. The van der Waals surface area contributed by atoms with Crippen molar-refractivity contribution in [3.63, 3.8) is 0 Å². The second kappa shape index (κ2) is 5.69.